The van der Waals surface area contributed by atoms with Crippen molar-refractivity contribution < 1.29 is 14.6 Å². The van der Waals surface area contributed by atoms with Crippen molar-refractivity contribution in [2.45, 2.75) is 32.5 Å². The summed E-state index contributed by atoms with van der Waals surface area (Å²) in [4.78, 5) is 43.5. The summed E-state index contributed by atoms with van der Waals surface area (Å²) in [6.45, 7) is 11.1. The predicted octanol–water partition coefficient (Wildman–Crippen LogP) is 2.42. The zero-order valence-electron chi connectivity index (χ0n) is 24.2. The van der Waals surface area contributed by atoms with Gasteiger partial charge >= 0.3 is 0 Å². The van der Waals surface area contributed by atoms with Gasteiger partial charge in [-0.05, 0) is 43.7 Å². The van der Waals surface area contributed by atoms with Crippen LogP contribution in [0.2, 0.25) is 0 Å². The molecule has 0 atom stereocenters. The second kappa shape index (κ2) is 12.2. The molecule has 5 rings (SSSR count). The molecule has 1 fully saturated rings. The van der Waals surface area contributed by atoms with E-state index in [1.807, 2.05) is 29.2 Å². The van der Waals surface area contributed by atoms with Gasteiger partial charge < -0.3 is 20.1 Å². The van der Waals surface area contributed by atoms with Crippen LogP contribution in [0.1, 0.15) is 25.1 Å². The fraction of sp³-hybridized carbons (Fsp3) is 0.367. The Morgan fingerprint density at radius 1 is 1.12 bits per heavy atom. The summed E-state index contributed by atoms with van der Waals surface area (Å²) in [7, 11) is 1.66. The predicted molar refractivity (Wildman–Crippen MR) is 160 cm³/mol. The Hall–Kier alpha value is -4.39. The number of nitrogens with one attached hydrogen (secondary N) is 1. The number of hydrogen-bond acceptors (Lipinski definition) is 9. The summed E-state index contributed by atoms with van der Waals surface area (Å²) in [6, 6.07) is 13.0. The minimum absolute atomic E-state index is 0.110. The number of carbonyl (C=O) groups is 1. The van der Waals surface area contributed by atoms with Gasteiger partial charge in [0.15, 0.2) is 11.5 Å². The molecule has 0 spiro atoms. The van der Waals surface area contributed by atoms with Crippen molar-refractivity contribution in [2.75, 3.05) is 45.2 Å². The third kappa shape index (κ3) is 6.25. The molecule has 0 unspecified atom stereocenters. The number of anilines is 2. The van der Waals surface area contributed by atoms with E-state index in [1.165, 1.54) is 10.9 Å². The lowest BCUT2D eigenvalue weighted by atomic mass is 10.1. The molecule has 1 aromatic carbocycles. The highest BCUT2D eigenvalue weighted by Gasteiger charge is 2.24. The molecule has 1 aliphatic rings. The number of pyridine rings is 1. The van der Waals surface area contributed by atoms with E-state index in [4.69, 9.17) is 4.74 Å². The van der Waals surface area contributed by atoms with Crippen LogP contribution >= 0.6 is 0 Å². The van der Waals surface area contributed by atoms with Gasteiger partial charge in [0, 0.05) is 45.2 Å². The average Bonchev–Trinajstić information content (AvgIpc) is 3.24. The lowest BCUT2D eigenvalue weighted by Gasteiger charge is -2.34. The normalized spacial score (nSPS) is 14.5. The Morgan fingerprint density at radius 2 is 1.90 bits per heavy atom. The highest BCUT2D eigenvalue weighted by Crippen LogP contribution is 2.22. The summed E-state index contributed by atoms with van der Waals surface area (Å²) >= 11 is 0. The number of piperazine rings is 1. The van der Waals surface area contributed by atoms with E-state index in [0.29, 0.717) is 54.7 Å². The van der Waals surface area contributed by atoms with Crippen LogP contribution in [0.5, 0.6) is 0 Å². The van der Waals surface area contributed by atoms with Crippen LogP contribution in [0.25, 0.3) is 16.9 Å². The number of benzene rings is 1. The number of allylic oxidation sites excluding steroid dienone is 1. The van der Waals surface area contributed by atoms with Crippen molar-refractivity contribution in [2.24, 2.45) is 0 Å². The molecule has 0 saturated carbocycles. The number of carbonyl (C=O) groups excluding carboxylic acids is 1. The molecule has 3 aromatic heterocycles. The summed E-state index contributed by atoms with van der Waals surface area (Å²) in [5.74, 6) is 0.852. The van der Waals surface area contributed by atoms with Gasteiger partial charge in [0.2, 0.25) is 11.9 Å². The van der Waals surface area contributed by atoms with E-state index < -0.39 is 5.60 Å². The van der Waals surface area contributed by atoms with E-state index in [-0.39, 0.29) is 18.0 Å². The SMILES string of the molecule is C=CCn1c(=O)c2cnc(Nc3ccc(CN4CCN(CCOC)CC4=O)cc3)nc2n1-c1cccc(C(C)(C)O)n1. The molecule has 0 aliphatic carbocycles. The maximum absolute atomic E-state index is 13.2. The van der Waals surface area contributed by atoms with Crippen LogP contribution in [0.3, 0.4) is 0 Å². The number of aliphatic hydroxyl groups is 1. The first-order valence-electron chi connectivity index (χ1n) is 13.8. The van der Waals surface area contributed by atoms with Crippen LogP contribution in [-0.2, 0) is 28.2 Å². The fourth-order valence-electron chi connectivity index (χ4n) is 4.87. The first kappa shape index (κ1) is 29.1. The van der Waals surface area contributed by atoms with E-state index in [0.717, 1.165) is 24.3 Å². The smallest absolute Gasteiger partial charge is 0.278 e. The molecule has 0 radical (unpaired) electrons. The van der Waals surface area contributed by atoms with Gasteiger partial charge in [-0.15, -0.1) is 6.58 Å². The largest absolute Gasteiger partial charge is 0.384 e. The van der Waals surface area contributed by atoms with Crippen LogP contribution in [-0.4, -0.2) is 85.0 Å². The number of amides is 1. The highest BCUT2D eigenvalue weighted by atomic mass is 16.5. The molecule has 2 N–H and O–H groups in total. The Balaban J connectivity index is 1.37. The maximum Gasteiger partial charge on any atom is 0.278 e. The monoisotopic (exact) mass is 572 g/mol. The third-order valence-corrected chi connectivity index (χ3v) is 7.15. The van der Waals surface area contributed by atoms with Crippen LogP contribution in [0.4, 0.5) is 11.6 Å². The lowest BCUT2D eigenvalue weighted by Crippen LogP contribution is -2.50. The molecule has 4 aromatic rings. The van der Waals surface area contributed by atoms with Crippen molar-refractivity contribution in [3.8, 4) is 5.82 Å². The second-order valence-corrected chi connectivity index (χ2v) is 10.8. The Bertz CT molecular complexity index is 1640. The van der Waals surface area contributed by atoms with Gasteiger partial charge in [0.25, 0.3) is 5.56 Å². The average molecular weight is 573 g/mol. The van der Waals surface area contributed by atoms with Crippen molar-refractivity contribution in [3.05, 3.63) is 82.9 Å². The molecule has 1 saturated heterocycles. The van der Waals surface area contributed by atoms with Crippen molar-refractivity contribution in [1.29, 1.82) is 0 Å². The molecular weight excluding hydrogens is 536 g/mol. The van der Waals surface area contributed by atoms with Gasteiger partial charge in [0.1, 0.15) is 11.0 Å². The van der Waals surface area contributed by atoms with Crippen LogP contribution in [0.15, 0.2) is 66.1 Å². The molecule has 12 nitrogen and oxygen atoms in total. The maximum atomic E-state index is 13.2. The first-order chi connectivity index (χ1) is 20.2. The summed E-state index contributed by atoms with van der Waals surface area (Å²) in [5.41, 5.74) is 1.17. The number of aromatic nitrogens is 5. The van der Waals surface area contributed by atoms with Gasteiger partial charge in [-0.1, -0.05) is 24.3 Å². The molecule has 0 bridgehead atoms. The van der Waals surface area contributed by atoms with Crippen molar-refractivity contribution in [3.63, 3.8) is 0 Å². The summed E-state index contributed by atoms with van der Waals surface area (Å²) in [5, 5.41) is 14.0. The Labute approximate surface area is 243 Å². The number of rotatable bonds is 11. The molecule has 220 valence electrons. The van der Waals surface area contributed by atoms with E-state index in [9.17, 15) is 14.7 Å². The quantitative estimate of drug-likeness (QED) is 0.260. The molecular formula is C30H36N8O4. The van der Waals surface area contributed by atoms with Crippen LogP contribution in [0, 0.1) is 0 Å². The molecule has 42 heavy (non-hydrogen) atoms. The zero-order valence-corrected chi connectivity index (χ0v) is 24.2. The number of methoxy groups -OCH3 is 1. The van der Waals surface area contributed by atoms with Crippen LogP contribution < -0.4 is 10.9 Å². The number of hydrogen-bond donors (Lipinski definition) is 2. The lowest BCUT2D eigenvalue weighted by molar-refractivity contribution is -0.136. The minimum atomic E-state index is -1.16. The minimum Gasteiger partial charge on any atom is -0.384 e. The number of ether oxygens (including phenoxy) is 1. The van der Waals surface area contributed by atoms with Gasteiger partial charge in [-0.3, -0.25) is 14.5 Å². The van der Waals surface area contributed by atoms with Crippen molar-refractivity contribution >= 4 is 28.6 Å². The number of fused-ring (bicyclic) bond motifs is 1. The second-order valence-electron chi connectivity index (χ2n) is 10.8. The molecule has 12 heteroatoms. The fourth-order valence-corrected chi connectivity index (χ4v) is 4.87. The molecule has 1 amide bonds. The van der Waals surface area contributed by atoms with Crippen molar-refractivity contribution in [1.82, 2.24) is 34.1 Å². The number of nitrogens with zero attached hydrogens (tertiary/aromatic N) is 7. The third-order valence-electron chi connectivity index (χ3n) is 7.15. The Morgan fingerprint density at radius 3 is 2.60 bits per heavy atom. The van der Waals surface area contributed by atoms with Gasteiger partial charge in [-0.25, -0.2) is 19.3 Å². The van der Waals surface area contributed by atoms with E-state index in [2.05, 4.69) is 31.7 Å². The molecule has 4 heterocycles. The summed E-state index contributed by atoms with van der Waals surface area (Å²) in [6.07, 6.45) is 3.12. The Kier molecular flexibility index (Phi) is 8.48. The topological polar surface area (TPSA) is 131 Å². The standard InChI is InChI=1S/C30H36N8O4/c1-5-13-37-28(40)23-18-31-29(34-27(23)38(37)25-8-6-7-24(33-25)30(2,3)41)32-22-11-9-21(10-12-22)19-36-15-14-35(16-17-42-4)20-26(36)39/h5-12,18,41H,1,13-17,19-20H2,2-4H3,(H,31,32,34). The van der Waals surface area contributed by atoms with Gasteiger partial charge in [-0.2, -0.15) is 4.98 Å². The van der Waals surface area contributed by atoms with E-state index in [1.54, 1.807) is 49.9 Å². The zero-order chi connectivity index (χ0) is 29.9. The van der Waals surface area contributed by atoms with Gasteiger partial charge in [0.05, 0.1) is 25.4 Å². The molecule has 1 aliphatic heterocycles. The first-order valence-corrected chi connectivity index (χ1v) is 13.8. The highest BCUT2D eigenvalue weighted by molar-refractivity contribution is 5.79. The van der Waals surface area contributed by atoms with E-state index >= 15 is 0 Å². The summed E-state index contributed by atoms with van der Waals surface area (Å²) < 4.78 is 8.23.